The van der Waals surface area contributed by atoms with Gasteiger partial charge in [-0.3, -0.25) is 9.80 Å². The van der Waals surface area contributed by atoms with Crippen molar-refractivity contribution in [2.75, 3.05) is 35.2 Å². The molecule has 2 aromatic rings. The molecule has 4 rings (SSSR count). The van der Waals surface area contributed by atoms with E-state index in [4.69, 9.17) is 5.73 Å². The third kappa shape index (κ3) is 3.17. The first-order valence-corrected chi connectivity index (χ1v) is 9.69. The Morgan fingerprint density at radius 2 is 2.04 bits per heavy atom. The van der Waals surface area contributed by atoms with Gasteiger partial charge in [-0.25, -0.2) is 14.2 Å². The van der Waals surface area contributed by atoms with Crippen molar-refractivity contribution in [1.29, 1.82) is 0 Å². The fourth-order valence-electron chi connectivity index (χ4n) is 4.15. The van der Waals surface area contributed by atoms with Crippen molar-refractivity contribution in [2.45, 2.75) is 39.3 Å². The molecule has 8 heteroatoms. The molecule has 2 N–H and O–H groups in total. The molecule has 0 saturated carbocycles. The molecule has 0 radical (unpaired) electrons. The van der Waals surface area contributed by atoms with Crippen molar-refractivity contribution in [1.82, 2.24) is 14.9 Å². The number of likely N-dealkylation sites (tertiary alicyclic amines) is 1. The van der Waals surface area contributed by atoms with Crippen molar-refractivity contribution in [3.8, 4) is 0 Å². The van der Waals surface area contributed by atoms with Gasteiger partial charge in [0, 0.05) is 30.9 Å². The van der Waals surface area contributed by atoms with Crippen LogP contribution in [0.3, 0.4) is 0 Å². The summed E-state index contributed by atoms with van der Waals surface area (Å²) in [6.07, 6.45) is 3.32. The average molecular weight is 384 g/mol. The summed E-state index contributed by atoms with van der Waals surface area (Å²) < 4.78 is 14.6. The van der Waals surface area contributed by atoms with Crippen LogP contribution in [0.4, 0.5) is 26.6 Å². The fourth-order valence-corrected chi connectivity index (χ4v) is 4.15. The number of aromatic nitrogens is 2. The van der Waals surface area contributed by atoms with Gasteiger partial charge in [-0.05, 0) is 37.9 Å². The van der Waals surface area contributed by atoms with Crippen molar-refractivity contribution < 1.29 is 9.18 Å². The van der Waals surface area contributed by atoms with Crippen molar-refractivity contribution >= 4 is 23.5 Å². The van der Waals surface area contributed by atoms with Crippen molar-refractivity contribution in [3.63, 3.8) is 0 Å². The third-order valence-corrected chi connectivity index (χ3v) is 5.68. The molecule has 1 aromatic carbocycles. The first-order chi connectivity index (χ1) is 13.5. The van der Waals surface area contributed by atoms with Crippen LogP contribution in [0.1, 0.15) is 30.9 Å². The van der Waals surface area contributed by atoms with Crippen molar-refractivity contribution in [3.05, 3.63) is 41.3 Å². The van der Waals surface area contributed by atoms with E-state index in [2.05, 4.69) is 21.8 Å². The zero-order valence-electron chi connectivity index (χ0n) is 16.2. The molecule has 1 aromatic heterocycles. The molecule has 3 heterocycles. The van der Waals surface area contributed by atoms with E-state index < -0.39 is 5.82 Å². The number of hydrogen-bond acceptors (Lipinski definition) is 5. The minimum absolute atomic E-state index is 0.00164. The number of anilines is 3. The lowest BCUT2D eigenvalue weighted by atomic mass is 10.0. The van der Waals surface area contributed by atoms with Gasteiger partial charge in [-0.1, -0.05) is 19.1 Å². The second-order valence-corrected chi connectivity index (χ2v) is 7.39. The zero-order chi connectivity index (χ0) is 19.8. The van der Waals surface area contributed by atoms with Gasteiger partial charge in [-0.2, -0.15) is 4.98 Å². The topological polar surface area (TPSA) is 78.6 Å². The van der Waals surface area contributed by atoms with Gasteiger partial charge >= 0.3 is 6.03 Å². The number of amides is 2. The van der Waals surface area contributed by atoms with Crippen LogP contribution in [0, 0.1) is 12.7 Å². The van der Waals surface area contributed by atoms with Gasteiger partial charge in [0.05, 0.1) is 12.2 Å². The molecule has 0 aliphatic carbocycles. The van der Waals surface area contributed by atoms with Crippen LogP contribution >= 0.6 is 0 Å². The van der Waals surface area contributed by atoms with E-state index in [1.807, 2.05) is 13.0 Å². The van der Waals surface area contributed by atoms with Crippen LogP contribution in [0.15, 0.2) is 24.4 Å². The van der Waals surface area contributed by atoms with Gasteiger partial charge in [-0.15, -0.1) is 0 Å². The largest absolute Gasteiger partial charge is 0.368 e. The number of halogens is 1. The monoisotopic (exact) mass is 384 g/mol. The summed E-state index contributed by atoms with van der Waals surface area (Å²) in [7, 11) is 0. The summed E-state index contributed by atoms with van der Waals surface area (Å²) in [5.74, 6) is 0.282. The van der Waals surface area contributed by atoms with E-state index in [0.717, 1.165) is 38.0 Å². The van der Waals surface area contributed by atoms with Gasteiger partial charge < -0.3 is 10.6 Å². The highest BCUT2D eigenvalue weighted by atomic mass is 19.1. The van der Waals surface area contributed by atoms with Crippen LogP contribution in [-0.4, -0.2) is 46.6 Å². The lowest BCUT2D eigenvalue weighted by molar-refractivity contribution is 0.211. The highest BCUT2D eigenvalue weighted by molar-refractivity contribution is 6.06. The number of carbonyl (C=O) groups excluding carboxylic acids is 1. The third-order valence-electron chi connectivity index (χ3n) is 5.68. The SMILES string of the molecule is CCN1CCC(N2C(=O)N(c3c(C)cccc3F)Cc3cnc(N)nc32)CC1. The number of aryl methyl sites for hydroxylation is 1. The molecular weight excluding hydrogens is 359 g/mol. The summed E-state index contributed by atoms with van der Waals surface area (Å²) in [4.78, 5) is 27.6. The molecule has 28 heavy (non-hydrogen) atoms. The van der Waals surface area contributed by atoms with Crippen LogP contribution in [0.2, 0.25) is 0 Å². The molecule has 1 saturated heterocycles. The molecule has 1 fully saturated rings. The molecule has 2 aliphatic rings. The second-order valence-electron chi connectivity index (χ2n) is 7.39. The molecule has 7 nitrogen and oxygen atoms in total. The average Bonchev–Trinajstić information content (AvgIpc) is 2.69. The lowest BCUT2D eigenvalue weighted by Crippen LogP contribution is -2.55. The Kier molecular flexibility index (Phi) is 4.89. The Morgan fingerprint density at radius 3 is 2.71 bits per heavy atom. The Balaban J connectivity index is 1.76. The van der Waals surface area contributed by atoms with Gasteiger partial charge in [0.25, 0.3) is 0 Å². The molecule has 0 atom stereocenters. The Hall–Kier alpha value is -2.74. The number of carbonyl (C=O) groups is 1. The van der Waals surface area contributed by atoms with Crippen molar-refractivity contribution in [2.24, 2.45) is 0 Å². The molecule has 148 valence electrons. The first-order valence-electron chi connectivity index (χ1n) is 9.69. The zero-order valence-corrected chi connectivity index (χ0v) is 16.2. The maximum atomic E-state index is 14.6. The number of nitrogens with zero attached hydrogens (tertiary/aromatic N) is 5. The minimum Gasteiger partial charge on any atom is -0.368 e. The van der Waals surface area contributed by atoms with Crippen LogP contribution in [0.5, 0.6) is 0 Å². The van der Waals surface area contributed by atoms with Crippen LogP contribution < -0.4 is 15.5 Å². The number of rotatable bonds is 3. The molecule has 2 aliphatic heterocycles. The number of fused-ring (bicyclic) bond motifs is 1. The van der Waals surface area contributed by atoms with Crippen LogP contribution in [-0.2, 0) is 6.54 Å². The standard InChI is InChI=1S/C20H25FN6O/c1-3-25-9-7-15(8-10-25)27-18-14(11-23-19(22)24-18)12-26(20(27)28)17-13(2)5-4-6-16(17)21/h4-6,11,15H,3,7-10,12H2,1-2H3,(H2,22,23,24). The number of para-hydroxylation sites is 1. The smallest absolute Gasteiger partial charge is 0.330 e. The van der Waals surface area contributed by atoms with E-state index in [0.29, 0.717) is 17.1 Å². The molecule has 2 amide bonds. The number of benzene rings is 1. The summed E-state index contributed by atoms with van der Waals surface area (Å²) in [6, 6.07) is 4.59. The highest BCUT2D eigenvalue weighted by Crippen LogP contribution is 2.36. The highest BCUT2D eigenvalue weighted by Gasteiger charge is 2.39. The van der Waals surface area contributed by atoms with Gasteiger partial charge in [0.2, 0.25) is 5.95 Å². The van der Waals surface area contributed by atoms with E-state index in [9.17, 15) is 9.18 Å². The molecule has 0 bridgehead atoms. The summed E-state index contributed by atoms with van der Waals surface area (Å²) in [6.45, 7) is 7.00. The number of hydrogen-bond donors (Lipinski definition) is 1. The molecule has 0 unspecified atom stereocenters. The fraction of sp³-hybridized carbons (Fsp3) is 0.450. The Morgan fingerprint density at radius 1 is 1.29 bits per heavy atom. The second kappa shape index (κ2) is 7.35. The predicted octanol–water partition coefficient (Wildman–Crippen LogP) is 2.94. The van der Waals surface area contributed by atoms with E-state index in [1.54, 1.807) is 17.2 Å². The minimum atomic E-state index is -0.408. The molecular formula is C20H25FN6O. The van der Waals surface area contributed by atoms with Gasteiger partial charge in [0.1, 0.15) is 11.6 Å². The normalized spacial score (nSPS) is 18.5. The lowest BCUT2D eigenvalue weighted by Gasteiger charge is -2.43. The number of nitrogens with two attached hydrogens (primary N) is 1. The van der Waals surface area contributed by atoms with E-state index in [1.165, 1.54) is 11.0 Å². The predicted molar refractivity (Wildman–Crippen MR) is 107 cm³/mol. The first kappa shape index (κ1) is 18.6. The number of urea groups is 1. The summed E-state index contributed by atoms with van der Waals surface area (Å²) in [5, 5.41) is 0. The van der Waals surface area contributed by atoms with Crippen LogP contribution in [0.25, 0.3) is 0 Å². The quantitative estimate of drug-likeness (QED) is 0.880. The number of piperidine rings is 1. The maximum absolute atomic E-state index is 14.6. The summed E-state index contributed by atoms with van der Waals surface area (Å²) in [5.41, 5.74) is 7.61. The summed E-state index contributed by atoms with van der Waals surface area (Å²) >= 11 is 0. The Labute approximate surface area is 164 Å². The van der Waals surface area contributed by atoms with E-state index in [-0.39, 0.29) is 24.6 Å². The van der Waals surface area contributed by atoms with E-state index >= 15 is 0 Å². The van der Waals surface area contributed by atoms with Gasteiger partial charge in [0.15, 0.2) is 0 Å². The Bertz CT molecular complexity index is 876. The molecule has 0 spiro atoms. The number of nitrogen functional groups attached to an aromatic ring is 1. The maximum Gasteiger partial charge on any atom is 0.330 e.